The van der Waals surface area contributed by atoms with Crippen LogP contribution in [0.2, 0.25) is 0 Å². The molecule has 0 fully saturated rings. The number of hydrogen-bond donors (Lipinski definition) is 2. The van der Waals surface area contributed by atoms with Crippen LogP contribution in [-0.4, -0.2) is 23.5 Å². The van der Waals surface area contributed by atoms with E-state index >= 15 is 0 Å². The van der Waals surface area contributed by atoms with Gasteiger partial charge in [-0.1, -0.05) is 0 Å². The van der Waals surface area contributed by atoms with E-state index in [0.29, 0.717) is 13.0 Å². The fourth-order valence-electron chi connectivity index (χ4n) is 1.41. The summed E-state index contributed by atoms with van der Waals surface area (Å²) >= 11 is 3.36. The van der Waals surface area contributed by atoms with Crippen LogP contribution in [0.15, 0.2) is 16.7 Å². The maximum atomic E-state index is 11.4. The average Bonchev–Trinajstić information content (AvgIpc) is 2.20. The molecule has 1 rings (SSSR count). The van der Waals surface area contributed by atoms with E-state index in [2.05, 4.69) is 31.5 Å². The van der Waals surface area contributed by atoms with E-state index in [4.69, 9.17) is 0 Å². The van der Waals surface area contributed by atoms with Gasteiger partial charge in [-0.05, 0) is 48.3 Å². The molecule has 4 nitrogen and oxygen atoms in total. The van der Waals surface area contributed by atoms with Crippen LogP contribution in [0.25, 0.3) is 0 Å². The van der Waals surface area contributed by atoms with E-state index in [1.807, 2.05) is 26.8 Å². The van der Waals surface area contributed by atoms with Gasteiger partial charge in [-0.3, -0.25) is 4.79 Å². The molecule has 1 amide bonds. The number of pyridine rings is 1. The zero-order valence-electron chi connectivity index (χ0n) is 10.4. The first-order valence-electron chi connectivity index (χ1n) is 5.64. The Kier molecular flexibility index (Phi) is 5.41. The number of aryl methyl sites for hydroxylation is 1. The van der Waals surface area contributed by atoms with Crippen LogP contribution in [0.5, 0.6) is 0 Å². The number of amides is 1. The monoisotopic (exact) mass is 299 g/mol. The van der Waals surface area contributed by atoms with Gasteiger partial charge >= 0.3 is 0 Å². The fourth-order valence-corrected chi connectivity index (χ4v) is 1.86. The molecule has 0 spiro atoms. The standard InChI is InChI=1S/C12H18BrN3O/c1-8(2)16-11(17)4-5-14-12-9(3)6-10(13)7-15-12/h6-8H,4-5H2,1-3H3,(H,14,15)(H,16,17). The van der Waals surface area contributed by atoms with Gasteiger partial charge in [0, 0.05) is 29.7 Å². The van der Waals surface area contributed by atoms with Crippen molar-refractivity contribution in [2.24, 2.45) is 0 Å². The minimum absolute atomic E-state index is 0.0577. The number of nitrogens with one attached hydrogen (secondary N) is 2. The molecule has 17 heavy (non-hydrogen) atoms. The largest absolute Gasteiger partial charge is 0.369 e. The van der Waals surface area contributed by atoms with Gasteiger partial charge in [-0.15, -0.1) is 0 Å². The number of halogens is 1. The van der Waals surface area contributed by atoms with Crippen LogP contribution in [0, 0.1) is 6.92 Å². The van der Waals surface area contributed by atoms with Crippen molar-refractivity contribution >= 4 is 27.7 Å². The second-order valence-corrected chi connectivity index (χ2v) is 5.13. The van der Waals surface area contributed by atoms with Gasteiger partial charge in [-0.25, -0.2) is 4.98 Å². The molecule has 0 saturated heterocycles. The molecule has 0 aliphatic heterocycles. The van der Waals surface area contributed by atoms with Gasteiger partial charge in [-0.2, -0.15) is 0 Å². The Hall–Kier alpha value is -1.10. The smallest absolute Gasteiger partial charge is 0.221 e. The number of nitrogens with zero attached hydrogens (tertiary/aromatic N) is 1. The van der Waals surface area contributed by atoms with E-state index in [-0.39, 0.29) is 11.9 Å². The summed E-state index contributed by atoms with van der Waals surface area (Å²) in [6.45, 7) is 6.47. The van der Waals surface area contributed by atoms with Gasteiger partial charge in [0.15, 0.2) is 0 Å². The highest BCUT2D eigenvalue weighted by atomic mass is 79.9. The van der Waals surface area contributed by atoms with Crippen molar-refractivity contribution in [2.45, 2.75) is 33.2 Å². The third-order valence-corrected chi connectivity index (χ3v) is 2.57. The van der Waals surface area contributed by atoms with E-state index < -0.39 is 0 Å². The van der Waals surface area contributed by atoms with E-state index in [0.717, 1.165) is 15.9 Å². The summed E-state index contributed by atoms with van der Waals surface area (Å²) in [5.41, 5.74) is 1.06. The predicted octanol–water partition coefficient (Wildman–Crippen LogP) is 2.48. The van der Waals surface area contributed by atoms with Crippen LogP contribution in [0.3, 0.4) is 0 Å². The van der Waals surface area contributed by atoms with E-state index in [1.165, 1.54) is 0 Å². The Bertz CT molecular complexity index is 393. The lowest BCUT2D eigenvalue weighted by Crippen LogP contribution is -2.31. The predicted molar refractivity (Wildman–Crippen MR) is 73.1 cm³/mol. The van der Waals surface area contributed by atoms with E-state index in [9.17, 15) is 4.79 Å². The summed E-state index contributed by atoms with van der Waals surface area (Å²) < 4.78 is 0.957. The molecule has 0 atom stereocenters. The van der Waals surface area contributed by atoms with Gasteiger partial charge in [0.25, 0.3) is 0 Å². The van der Waals surface area contributed by atoms with Crippen molar-refractivity contribution in [3.05, 3.63) is 22.3 Å². The van der Waals surface area contributed by atoms with Gasteiger partial charge in [0.05, 0.1) is 0 Å². The third kappa shape index (κ3) is 5.17. The minimum Gasteiger partial charge on any atom is -0.369 e. The van der Waals surface area contributed by atoms with E-state index in [1.54, 1.807) is 6.20 Å². The Labute approximate surface area is 110 Å². The van der Waals surface area contributed by atoms with Crippen LogP contribution >= 0.6 is 15.9 Å². The Morgan fingerprint density at radius 2 is 2.24 bits per heavy atom. The van der Waals surface area contributed by atoms with Crippen molar-refractivity contribution in [1.82, 2.24) is 10.3 Å². The molecule has 0 unspecified atom stereocenters. The molecule has 1 aromatic heterocycles. The highest BCUT2D eigenvalue weighted by molar-refractivity contribution is 9.10. The zero-order valence-corrected chi connectivity index (χ0v) is 12.0. The van der Waals surface area contributed by atoms with Crippen molar-refractivity contribution in [2.75, 3.05) is 11.9 Å². The van der Waals surface area contributed by atoms with Crippen molar-refractivity contribution in [3.63, 3.8) is 0 Å². The van der Waals surface area contributed by atoms with Gasteiger partial charge in [0.1, 0.15) is 5.82 Å². The first kappa shape index (κ1) is 14.0. The fraction of sp³-hybridized carbons (Fsp3) is 0.500. The van der Waals surface area contributed by atoms with Crippen molar-refractivity contribution in [1.29, 1.82) is 0 Å². The van der Waals surface area contributed by atoms with Crippen molar-refractivity contribution in [3.8, 4) is 0 Å². The summed E-state index contributed by atoms with van der Waals surface area (Å²) in [6.07, 6.45) is 2.19. The Balaban J connectivity index is 2.38. The number of aromatic nitrogens is 1. The summed E-state index contributed by atoms with van der Waals surface area (Å²) in [5, 5.41) is 6.00. The summed E-state index contributed by atoms with van der Waals surface area (Å²) in [5.74, 6) is 0.882. The quantitative estimate of drug-likeness (QED) is 0.878. The van der Waals surface area contributed by atoms with Gasteiger partial charge in [0.2, 0.25) is 5.91 Å². The van der Waals surface area contributed by atoms with Gasteiger partial charge < -0.3 is 10.6 Å². The SMILES string of the molecule is Cc1cc(Br)cnc1NCCC(=O)NC(C)C. The first-order valence-corrected chi connectivity index (χ1v) is 6.43. The molecule has 0 aliphatic carbocycles. The molecule has 1 aromatic rings. The molecule has 0 aliphatic rings. The molecule has 1 heterocycles. The average molecular weight is 300 g/mol. The number of carbonyl (C=O) groups excluding carboxylic acids is 1. The first-order chi connectivity index (χ1) is 7.99. The molecule has 2 N–H and O–H groups in total. The summed E-state index contributed by atoms with van der Waals surface area (Å²) in [4.78, 5) is 15.6. The zero-order chi connectivity index (χ0) is 12.8. The van der Waals surface area contributed by atoms with Crippen LogP contribution in [-0.2, 0) is 4.79 Å². The van der Waals surface area contributed by atoms with Crippen LogP contribution in [0.4, 0.5) is 5.82 Å². The molecular weight excluding hydrogens is 282 g/mol. The Morgan fingerprint density at radius 3 is 2.82 bits per heavy atom. The molecule has 94 valence electrons. The Morgan fingerprint density at radius 1 is 1.53 bits per heavy atom. The second kappa shape index (κ2) is 6.59. The third-order valence-electron chi connectivity index (χ3n) is 2.14. The number of carbonyl (C=O) groups is 1. The van der Waals surface area contributed by atoms with Crippen LogP contribution in [0.1, 0.15) is 25.8 Å². The number of hydrogen-bond acceptors (Lipinski definition) is 3. The highest BCUT2D eigenvalue weighted by Crippen LogP contribution is 2.16. The maximum Gasteiger partial charge on any atom is 0.221 e. The normalized spacial score (nSPS) is 10.4. The van der Waals surface area contributed by atoms with Crippen LogP contribution < -0.4 is 10.6 Å². The molecule has 0 saturated carbocycles. The summed E-state index contributed by atoms with van der Waals surface area (Å²) in [7, 11) is 0. The maximum absolute atomic E-state index is 11.4. The molecule has 0 aromatic carbocycles. The molecule has 0 bridgehead atoms. The lowest BCUT2D eigenvalue weighted by molar-refractivity contribution is -0.121. The molecule has 0 radical (unpaired) electrons. The summed E-state index contributed by atoms with van der Waals surface area (Å²) in [6, 6.07) is 2.18. The highest BCUT2D eigenvalue weighted by Gasteiger charge is 2.04. The second-order valence-electron chi connectivity index (χ2n) is 4.22. The lowest BCUT2D eigenvalue weighted by atomic mass is 10.3. The topological polar surface area (TPSA) is 54.0 Å². The lowest BCUT2D eigenvalue weighted by Gasteiger charge is -2.10. The number of anilines is 1. The molecule has 5 heteroatoms. The number of rotatable bonds is 5. The van der Waals surface area contributed by atoms with Crippen molar-refractivity contribution < 1.29 is 4.79 Å². The minimum atomic E-state index is 0.0577. The molecular formula is C12H18BrN3O.